The SMILES string of the molecule is C#CC12CCC(O)CC1=CCC1C2CCC2(C)C(C(C)CCCC(C)C)CCC12. The van der Waals surface area contributed by atoms with Crippen molar-refractivity contribution in [2.75, 3.05) is 0 Å². The summed E-state index contributed by atoms with van der Waals surface area (Å²) < 4.78 is 0. The topological polar surface area (TPSA) is 20.2 Å². The predicted octanol–water partition coefficient (Wildman–Crippen LogP) is 7.00. The number of aliphatic hydroxyl groups excluding tert-OH is 1. The molecule has 4 aliphatic carbocycles. The molecule has 162 valence electrons. The van der Waals surface area contributed by atoms with E-state index in [0.717, 1.165) is 48.9 Å². The maximum absolute atomic E-state index is 10.2. The molecule has 29 heavy (non-hydrogen) atoms. The Labute approximate surface area is 180 Å². The quantitative estimate of drug-likeness (QED) is 0.392. The molecule has 0 amide bonds. The van der Waals surface area contributed by atoms with E-state index >= 15 is 0 Å². The van der Waals surface area contributed by atoms with Crippen molar-refractivity contribution in [3.05, 3.63) is 11.6 Å². The lowest BCUT2D eigenvalue weighted by atomic mass is 9.46. The summed E-state index contributed by atoms with van der Waals surface area (Å²) in [6.07, 6.45) is 22.2. The third-order valence-electron chi connectivity index (χ3n) is 10.1. The van der Waals surface area contributed by atoms with Crippen LogP contribution >= 0.6 is 0 Å². The molecule has 3 fully saturated rings. The fourth-order valence-corrected chi connectivity index (χ4v) is 8.58. The van der Waals surface area contributed by atoms with Crippen LogP contribution in [0.2, 0.25) is 0 Å². The minimum atomic E-state index is -0.171. The second-order valence-electron chi connectivity index (χ2n) is 11.9. The number of hydrogen-bond donors (Lipinski definition) is 1. The average molecular weight is 397 g/mol. The zero-order valence-corrected chi connectivity index (χ0v) is 19.4. The van der Waals surface area contributed by atoms with Crippen molar-refractivity contribution < 1.29 is 5.11 Å². The zero-order valence-electron chi connectivity index (χ0n) is 19.4. The fraction of sp³-hybridized carbons (Fsp3) is 0.857. The average Bonchev–Trinajstić information content (AvgIpc) is 3.04. The third kappa shape index (κ3) is 3.52. The van der Waals surface area contributed by atoms with Crippen molar-refractivity contribution in [3.63, 3.8) is 0 Å². The molecule has 4 aliphatic rings. The van der Waals surface area contributed by atoms with Gasteiger partial charge in [-0.25, -0.2) is 0 Å². The Kier molecular flexibility index (Phi) is 5.98. The molecule has 0 heterocycles. The van der Waals surface area contributed by atoms with Gasteiger partial charge in [0.2, 0.25) is 0 Å². The smallest absolute Gasteiger partial charge is 0.0578 e. The largest absolute Gasteiger partial charge is 0.393 e. The van der Waals surface area contributed by atoms with Gasteiger partial charge in [-0.3, -0.25) is 0 Å². The molecular formula is C28H44O. The molecule has 0 aliphatic heterocycles. The van der Waals surface area contributed by atoms with Gasteiger partial charge < -0.3 is 5.11 Å². The van der Waals surface area contributed by atoms with Crippen LogP contribution in [0.15, 0.2) is 11.6 Å². The highest BCUT2D eigenvalue weighted by molar-refractivity contribution is 5.34. The van der Waals surface area contributed by atoms with E-state index in [9.17, 15) is 5.11 Å². The number of fused-ring (bicyclic) bond motifs is 5. The standard InChI is InChI=1S/C28H44O/c1-6-28-17-14-22(29)18-21(28)10-11-23-25-13-12-24(20(4)9-7-8-19(2)3)27(25,5)16-15-26(23)28/h1,10,19-20,22-26,29H,7-9,11-18H2,2-5H3. The third-order valence-corrected chi connectivity index (χ3v) is 10.1. The van der Waals surface area contributed by atoms with Crippen LogP contribution in [0, 0.1) is 58.7 Å². The summed E-state index contributed by atoms with van der Waals surface area (Å²) in [4.78, 5) is 0. The maximum atomic E-state index is 10.2. The molecule has 3 saturated carbocycles. The Balaban J connectivity index is 1.52. The van der Waals surface area contributed by atoms with Crippen molar-refractivity contribution in [2.45, 2.75) is 104 Å². The number of allylic oxidation sites excluding steroid dienone is 1. The van der Waals surface area contributed by atoms with E-state index in [1.807, 2.05) is 0 Å². The molecule has 8 unspecified atom stereocenters. The van der Waals surface area contributed by atoms with Gasteiger partial charge in [-0.05, 0) is 92.3 Å². The summed E-state index contributed by atoms with van der Waals surface area (Å²) in [5.74, 6) is 8.22. The van der Waals surface area contributed by atoms with Crippen LogP contribution in [-0.2, 0) is 0 Å². The van der Waals surface area contributed by atoms with Crippen LogP contribution in [0.4, 0.5) is 0 Å². The van der Waals surface area contributed by atoms with E-state index in [1.54, 1.807) is 0 Å². The second-order valence-corrected chi connectivity index (χ2v) is 11.9. The minimum Gasteiger partial charge on any atom is -0.393 e. The van der Waals surface area contributed by atoms with Gasteiger partial charge in [-0.15, -0.1) is 6.42 Å². The van der Waals surface area contributed by atoms with Crippen LogP contribution in [0.3, 0.4) is 0 Å². The van der Waals surface area contributed by atoms with Crippen LogP contribution in [-0.4, -0.2) is 11.2 Å². The molecule has 8 atom stereocenters. The molecule has 0 saturated heterocycles. The number of rotatable bonds is 5. The lowest BCUT2D eigenvalue weighted by Gasteiger charge is -2.57. The maximum Gasteiger partial charge on any atom is 0.0578 e. The molecule has 0 aromatic carbocycles. The predicted molar refractivity (Wildman–Crippen MR) is 122 cm³/mol. The molecule has 0 radical (unpaired) electrons. The Bertz CT molecular complexity index is 668. The number of aliphatic hydroxyl groups is 1. The highest BCUT2D eigenvalue weighted by Gasteiger charge is 2.59. The van der Waals surface area contributed by atoms with E-state index < -0.39 is 0 Å². The summed E-state index contributed by atoms with van der Waals surface area (Å²) in [5, 5.41) is 10.2. The first-order valence-electron chi connectivity index (χ1n) is 12.7. The normalized spacial score (nSPS) is 45.0. The first kappa shape index (κ1) is 21.5. The van der Waals surface area contributed by atoms with Gasteiger partial charge in [0.05, 0.1) is 11.5 Å². The summed E-state index contributed by atoms with van der Waals surface area (Å²) in [6.45, 7) is 9.91. The summed E-state index contributed by atoms with van der Waals surface area (Å²) in [7, 11) is 0. The van der Waals surface area contributed by atoms with E-state index in [0.29, 0.717) is 11.3 Å². The summed E-state index contributed by atoms with van der Waals surface area (Å²) >= 11 is 0. The molecule has 1 nitrogen and oxygen atoms in total. The van der Waals surface area contributed by atoms with E-state index in [2.05, 4.69) is 39.7 Å². The van der Waals surface area contributed by atoms with Gasteiger partial charge in [0, 0.05) is 0 Å². The first-order chi connectivity index (χ1) is 13.8. The van der Waals surface area contributed by atoms with Gasteiger partial charge in [0.15, 0.2) is 0 Å². The Hall–Kier alpha value is -0.740. The Morgan fingerprint density at radius 3 is 2.62 bits per heavy atom. The van der Waals surface area contributed by atoms with Crippen molar-refractivity contribution >= 4 is 0 Å². The first-order valence-corrected chi connectivity index (χ1v) is 12.7. The van der Waals surface area contributed by atoms with Crippen molar-refractivity contribution in [1.82, 2.24) is 0 Å². The van der Waals surface area contributed by atoms with Crippen LogP contribution in [0.5, 0.6) is 0 Å². The Morgan fingerprint density at radius 1 is 1.10 bits per heavy atom. The summed E-state index contributed by atoms with van der Waals surface area (Å²) in [6, 6.07) is 0. The molecule has 0 bridgehead atoms. The highest BCUT2D eigenvalue weighted by Crippen LogP contribution is 2.67. The Morgan fingerprint density at radius 2 is 1.90 bits per heavy atom. The molecular weight excluding hydrogens is 352 g/mol. The monoisotopic (exact) mass is 396 g/mol. The molecule has 1 N–H and O–H groups in total. The lowest BCUT2D eigenvalue weighted by Crippen LogP contribution is -2.51. The van der Waals surface area contributed by atoms with Gasteiger partial charge in [0.1, 0.15) is 0 Å². The molecule has 0 spiro atoms. The second kappa shape index (κ2) is 8.07. The van der Waals surface area contributed by atoms with Crippen LogP contribution in [0.1, 0.15) is 98.3 Å². The number of terminal acetylenes is 1. The zero-order chi connectivity index (χ0) is 20.8. The molecule has 0 aromatic heterocycles. The van der Waals surface area contributed by atoms with Gasteiger partial charge in [-0.1, -0.05) is 64.5 Å². The minimum absolute atomic E-state index is 0.0373. The van der Waals surface area contributed by atoms with E-state index in [-0.39, 0.29) is 11.5 Å². The fourth-order valence-electron chi connectivity index (χ4n) is 8.58. The molecule has 4 rings (SSSR count). The van der Waals surface area contributed by atoms with Gasteiger partial charge >= 0.3 is 0 Å². The van der Waals surface area contributed by atoms with E-state index in [4.69, 9.17) is 6.42 Å². The van der Waals surface area contributed by atoms with Gasteiger partial charge in [0.25, 0.3) is 0 Å². The number of hydrogen-bond acceptors (Lipinski definition) is 1. The highest BCUT2D eigenvalue weighted by atomic mass is 16.3. The summed E-state index contributed by atoms with van der Waals surface area (Å²) in [5.41, 5.74) is 1.90. The molecule has 0 aromatic rings. The van der Waals surface area contributed by atoms with Crippen LogP contribution < -0.4 is 0 Å². The van der Waals surface area contributed by atoms with Crippen molar-refractivity contribution in [2.24, 2.45) is 46.3 Å². The van der Waals surface area contributed by atoms with Gasteiger partial charge in [-0.2, -0.15) is 0 Å². The van der Waals surface area contributed by atoms with E-state index in [1.165, 1.54) is 56.9 Å². The van der Waals surface area contributed by atoms with Crippen molar-refractivity contribution in [1.29, 1.82) is 0 Å². The molecule has 1 heteroatoms. The van der Waals surface area contributed by atoms with Crippen molar-refractivity contribution in [3.8, 4) is 12.3 Å². The lowest BCUT2D eigenvalue weighted by molar-refractivity contribution is -0.0458. The van der Waals surface area contributed by atoms with Crippen LogP contribution in [0.25, 0.3) is 0 Å².